The van der Waals surface area contributed by atoms with Gasteiger partial charge in [-0.15, -0.1) is 0 Å². The Labute approximate surface area is 200 Å². The van der Waals surface area contributed by atoms with Gasteiger partial charge in [0, 0.05) is 43.7 Å². The molecule has 0 spiro atoms. The summed E-state index contributed by atoms with van der Waals surface area (Å²) in [5.74, 6) is 1.78. The van der Waals surface area contributed by atoms with Crippen molar-refractivity contribution in [2.45, 2.75) is 33.2 Å². The van der Waals surface area contributed by atoms with Gasteiger partial charge in [0.2, 0.25) is 0 Å². The summed E-state index contributed by atoms with van der Waals surface area (Å²) >= 11 is 0. The molecule has 0 saturated carbocycles. The fourth-order valence-electron chi connectivity index (χ4n) is 4.58. The normalized spacial score (nSPS) is 15.7. The molecule has 0 bridgehead atoms. The Morgan fingerprint density at radius 2 is 1.79 bits per heavy atom. The van der Waals surface area contributed by atoms with Crippen LogP contribution in [0.5, 0.6) is 0 Å². The molecular formula is C27H31N5O2. The van der Waals surface area contributed by atoms with Crippen molar-refractivity contribution in [2.75, 3.05) is 43.1 Å². The van der Waals surface area contributed by atoms with Crippen LogP contribution < -0.4 is 10.2 Å². The number of aromatic nitrogens is 2. The predicted molar refractivity (Wildman–Crippen MR) is 133 cm³/mol. The third-order valence-corrected chi connectivity index (χ3v) is 6.43. The lowest BCUT2D eigenvalue weighted by molar-refractivity contribution is 0.122. The Balaban J connectivity index is 1.41. The Bertz CT molecular complexity index is 1170. The molecule has 1 aromatic heterocycles. The molecule has 7 nitrogen and oxygen atoms in total. The highest BCUT2D eigenvalue weighted by atomic mass is 16.5. The van der Waals surface area contributed by atoms with Crippen LogP contribution in [0.4, 0.5) is 16.3 Å². The van der Waals surface area contributed by atoms with Crippen LogP contribution in [0.25, 0.3) is 0 Å². The average molecular weight is 458 g/mol. The topological polar surface area (TPSA) is 70.6 Å². The highest BCUT2D eigenvalue weighted by Crippen LogP contribution is 2.28. The van der Waals surface area contributed by atoms with Crippen molar-refractivity contribution >= 4 is 17.5 Å². The number of amides is 2. The van der Waals surface area contributed by atoms with Gasteiger partial charge in [-0.2, -0.15) is 0 Å². The van der Waals surface area contributed by atoms with Crippen LogP contribution in [0.15, 0.2) is 48.5 Å². The van der Waals surface area contributed by atoms with E-state index in [0.29, 0.717) is 32.7 Å². The molecule has 7 heteroatoms. The van der Waals surface area contributed by atoms with Gasteiger partial charge in [-0.3, -0.25) is 0 Å². The van der Waals surface area contributed by atoms with E-state index >= 15 is 0 Å². The number of carbonyl (C=O) groups is 1. The molecule has 1 N–H and O–H groups in total. The summed E-state index contributed by atoms with van der Waals surface area (Å²) in [6, 6.07) is 16.3. The predicted octanol–water partition coefficient (Wildman–Crippen LogP) is 4.11. The SMILES string of the molecule is Cc1ccc(NC(=O)N2CCc3nc(Cc4cccc(C)c4)nc(N4CCOCC4)c3C2)cc1. The van der Waals surface area contributed by atoms with Crippen molar-refractivity contribution in [3.63, 3.8) is 0 Å². The number of fused-ring (bicyclic) bond motifs is 1. The number of hydrogen-bond donors (Lipinski definition) is 1. The number of carbonyl (C=O) groups excluding carboxylic acids is 1. The summed E-state index contributed by atoms with van der Waals surface area (Å²) in [6.07, 6.45) is 1.42. The third-order valence-electron chi connectivity index (χ3n) is 6.43. The zero-order chi connectivity index (χ0) is 23.5. The van der Waals surface area contributed by atoms with Crippen LogP contribution in [0.1, 0.15) is 33.8 Å². The first-order valence-corrected chi connectivity index (χ1v) is 11.9. The fraction of sp³-hybridized carbons (Fsp3) is 0.370. The Hall–Kier alpha value is -3.45. The second-order valence-electron chi connectivity index (χ2n) is 9.12. The van der Waals surface area contributed by atoms with Crippen molar-refractivity contribution < 1.29 is 9.53 Å². The maximum absolute atomic E-state index is 13.0. The van der Waals surface area contributed by atoms with Crippen molar-refractivity contribution in [2.24, 2.45) is 0 Å². The zero-order valence-electron chi connectivity index (χ0n) is 19.9. The van der Waals surface area contributed by atoms with E-state index in [0.717, 1.165) is 48.1 Å². The molecule has 5 rings (SSSR count). The van der Waals surface area contributed by atoms with Gasteiger partial charge in [0.05, 0.1) is 25.5 Å². The number of morpholine rings is 1. The zero-order valence-corrected chi connectivity index (χ0v) is 19.9. The van der Waals surface area contributed by atoms with Crippen LogP contribution >= 0.6 is 0 Å². The molecule has 2 aromatic carbocycles. The maximum Gasteiger partial charge on any atom is 0.322 e. The maximum atomic E-state index is 13.0. The van der Waals surface area contributed by atoms with Gasteiger partial charge in [0.15, 0.2) is 0 Å². The molecule has 176 valence electrons. The molecule has 2 aliphatic heterocycles. The van der Waals surface area contributed by atoms with E-state index in [1.807, 2.05) is 36.1 Å². The quantitative estimate of drug-likeness (QED) is 0.639. The second-order valence-corrected chi connectivity index (χ2v) is 9.12. The summed E-state index contributed by atoms with van der Waals surface area (Å²) in [5.41, 5.74) is 6.53. The molecule has 0 aliphatic carbocycles. The van der Waals surface area contributed by atoms with Crippen LogP contribution in [-0.2, 0) is 24.1 Å². The van der Waals surface area contributed by atoms with Crippen LogP contribution in [0.3, 0.4) is 0 Å². The lowest BCUT2D eigenvalue weighted by Gasteiger charge is -2.34. The number of nitrogens with zero attached hydrogens (tertiary/aromatic N) is 4. The summed E-state index contributed by atoms with van der Waals surface area (Å²) < 4.78 is 5.58. The second kappa shape index (κ2) is 9.81. The van der Waals surface area contributed by atoms with Crippen LogP contribution in [0, 0.1) is 13.8 Å². The number of hydrogen-bond acceptors (Lipinski definition) is 5. The standard InChI is InChI=1S/C27H31N5O2/c1-19-6-8-22(9-7-19)28-27(33)32-11-10-24-23(18-32)26(31-12-14-34-15-13-31)30-25(29-24)17-21-5-3-4-20(2)16-21/h3-9,16H,10-15,17-18H2,1-2H3,(H,28,33). The summed E-state index contributed by atoms with van der Waals surface area (Å²) in [7, 11) is 0. The summed E-state index contributed by atoms with van der Waals surface area (Å²) in [4.78, 5) is 27.1. The lowest BCUT2D eigenvalue weighted by Crippen LogP contribution is -2.42. The number of urea groups is 1. The molecule has 34 heavy (non-hydrogen) atoms. The third kappa shape index (κ3) is 5.04. The summed E-state index contributed by atoms with van der Waals surface area (Å²) in [6.45, 7) is 8.23. The molecule has 0 atom stereocenters. The Morgan fingerprint density at radius 1 is 1.00 bits per heavy atom. The van der Waals surface area contributed by atoms with Crippen LogP contribution in [-0.4, -0.2) is 53.7 Å². The van der Waals surface area contributed by atoms with Gasteiger partial charge < -0.3 is 19.9 Å². The van der Waals surface area contributed by atoms with Gasteiger partial charge in [-0.1, -0.05) is 47.5 Å². The first kappa shape index (κ1) is 22.3. The Kier molecular flexibility index (Phi) is 6.45. The van der Waals surface area contributed by atoms with E-state index in [1.165, 1.54) is 16.7 Å². The molecule has 2 amide bonds. The van der Waals surface area contributed by atoms with E-state index in [-0.39, 0.29) is 6.03 Å². The van der Waals surface area contributed by atoms with E-state index in [2.05, 4.69) is 41.4 Å². The molecule has 1 fully saturated rings. The number of ether oxygens (including phenoxy) is 1. The number of rotatable bonds is 4. The number of anilines is 2. The van der Waals surface area contributed by atoms with Gasteiger partial charge in [0.1, 0.15) is 11.6 Å². The fourth-order valence-corrected chi connectivity index (χ4v) is 4.58. The van der Waals surface area contributed by atoms with E-state index in [1.54, 1.807) is 0 Å². The molecule has 2 aliphatic rings. The van der Waals surface area contributed by atoms with Gasteiger partial charge >= 0.3 is 6.03 Å². The molecule has 1 saturated heterocycles. The first-order valence-electron chi connectivity index (χ1n) is 11.9. The van der Waals surface area contributed by atoms with E-state index < -0.39 is 0 Å². The highest BCUT2D eigenvalue weighted by molar-refractivity contribution is 5.89. The van der Waals surface area contributed by atoms with Crippen molar-refractivity contribution in [3.8, 4) is 0 Å². The van der Waals surface area contributed by atoms with Gasteiger partial charge in [0.25, 0.3) is 0 Å². The number of benzene rings is 2. The minimum absolute atomic E-state index is 0.0914. The number of nitrogens with one attached hydrogen (secondary N) is 1. The van der Waals surface area contributed by atoms with Gasteiger partial charge in [-0.05, 0) is 31.5 Å². The van der Waals surface area contributed by atoms with Gasteiger partial charge in [-0.25, -0.2) is 14.8 Å². The van der Waals surface area contributed by atoms with Crippen molar-refractivity contribution in [3.05, 3.63) is 82.3 Å². The summed E-state index contributed by atoms with van der Waals surface area (Å²) in [5, 5.41) is 3.03. The largest absolute Gasteiger partial charge is 0.378 e. The van der Waals surface area contributed by atoms with E-state index in [9.17, 15) is 4.79 Å². The molecule has 3 aromatic rings. The molecular weight excluding hydrogens is 426 g/mol. The minimum atomic E-state index is -0.0914. The smallest absolute Gasteiger partial charge is 0.322 e. The van der Waals surface area contributed by atoms with Crippen molar-refractivity contribution in [1.82, 2.24) is 14.9 Å². The highest BCUT2D eigenvalue weighted by Gasteiger charge is 2.28. The van der Waals surface area contributed by atoms with E-state index in [4.69, 9.17) is 14.7 Å². The molecule has 0 unspecified atom stereocenters. The minimum Gasteiger partial charge on any atom is -0.378 e. The average Bonchev–Trinajstić information content (AvgIpc) is 2.85. The lowest BCUT2D eigenvalue weighted by atomic mass is 10.0. The van der Waals surface area contributed by atoms with Crippen molar-refractivity contribution in [1.29, 1.82) is 0 Å². The molecule has 3 heterocycles. The first-order chi connectivity index (χ1) is 16.5. The monoisotopic (exact) mass is 457 g/mol. The molecule has 0 radical (unpaired) electrons. The van der Waals surface area contributed by atoms with Crippen LogP contribution in [0.2, 0.25) is 0 Å². The number of aryl methyl sites for hydroxylation is 2. The Morgan fingerprint density at radius 3 is 2.56 bits per heavy atom.